The number of nitrogens with zero attached hydrogens (tertiary/aromatic N) is 3. The molecular formula is C18H28N4O2. The van der Waals surface area contributed by atoms with Gasteiger partial charge in [-0.2, -0.15) is 0 Å². The Morgan fingerprint density at radius 1 is 1.38 bits per heavy atom. The fourth-order valence-electron chi connectivity index (χ4n) is 2.94. The van der Waals surface area contributed by atoms with E-state index >= 15 is 0 Å². The molecule has 1 aromatic rings. The molecule has 1 amide bonds. The zero-order chi connectivity index (χ0) is 17.5. The lowest BCUT2D eigenvalue weighted by Gasteiger charge is -2.22. The molecule has 0 radical (unpaired) electrons. The highest BCUT2D eigenvalue weighted by atomic mass is 16.5. The molecule has 132 valence electrons. The Morgan fingerprint density at radius 3 is 2.67 bits per heavy atom. The summed E-state index contributed by atoms with van der Waals surface area (Å²) >= 11 is 0. The van der Waals surface area contributed by atoms with Gasteiger partial charge in [0.2, 0.25) is 5.91 Å². The summed E-state index contributed by atoms with van der Waals surface area (Å²) in [6, 6.07) is 8.30. The maximum Gasteiger partial charge on any atom is 0.223 e. The molecule has 1 atom stereocenters. The molecule has 1 heterocycles. The van der Waals surface area contributed by atoms with E-state index in [1.807, 2.05) is 12.1 Å². The number of methoxy groups -OCH3 is 1. The Bertz CT molecular complexity index is 569. The minimum atomic E-state index is 0.121. The van der Waals surface area contributed by atoms with E-state index < -0.39 is 0 Å². The van der Waals surface area contributed by atoms with Gasteiger partial charge in [-0.3, -0.25) is 9.79 Å². The first kappa shape index (κ1) is 18.1. The second-order valence-electron chi connectivity index (χ2n) is 6.22. The zero-order valence-corrected chi connectivity index (χ0v) is 15.1. The number of carbonyl (C=O) groups is 1. The van der Waals surface area contributed by atoms with Crippen molar-refractivity contribution in [1.82, 2.24) is 15.1 Å². The number of hydrogen-bond acceptors (Lipinski definition) is 3. The van der Waals surface area contributed by atoms with Gasteiger partial charge in [-0.05, 0) is 24.1 Å². The van der Waals surface area contributed by atoms with E-state index in [2.05, 4.69) is 27.3 Å². The van der Waals surface area contributed by atoms with E-state index in [0.29, 0.717) is 18.9 Å². The van der Waals surface area contributed by atoms with Gasteiger partial charge in [0.1, 0.15) is 5.75 Å². The highest BCUT2D eigenvalue weighted by Crippen LogP contribution is 2.28. The SMILES string of the molecule is CN=C(NCCC(=O)N(C)C)N1CCC(c2ccc(OC)cc2)C1. The molecule has 6 heteroatoms. The maximum absolute atomic E-state index is 11.6. The Kier molecular flexibility index (Phi) is 6.46. The number of carbonyl (C=O) groups excluding carboxylic acids is 1. The Labute approximate surface area is 144 Å². The number of aliphatic imine (C=N–C) groups is 1. The summed E-state index contributed by atoms with van der Waals surface area (Å²) < 4.78 is 5.22. The smallest absolute Gasteiger partial charge is 0.223 e. The third-order valence-electron chi connectivity index (χ3n) is 4.41. The number of nitrogens with one attached hydrogen (secondary N) is 1. The fourth-order valence-corrected chi connectivity index (χ4v) is 2.94. The molecule has 0 aromatic heterocycles. The van der Waals surface area contributed by atoms with Crippen LogP contribution in [0.3, 0.4) is 0 Å². The summed E-state index contributed by atoms with van der Waals surface area (Å²) in [5.74, 6) is 2.38. The molecule has 1 aromatic carbocycles. The molecule has 0 saturated carbocycles. The summed E-state index contributed by atoms with van der Waals surface area (Å²) in [6.45, 7) is 2.51. The molecule has 0 spiro atoms. The number of hydrogen-bond donors (Lipinski definition) is 1. The first-order valence-electron chi connectivity index (χ1n) is 8.35. The van der Waals surface area contributed by atoms with E-state index in [-0.39, 0.29) is 5.91 Å². The normalized spacial score (nSPS) is 17.8. The van der Waals surface area contributed by atoms with Crippen LogP contribution in [0.4, 0.5) is 0 Å². The van der Waals surface area contributed by atoms with Gasteiger partial charge in [0.05, 0.1) is 7.11 Å². The summed E-state index contributed by atoms with van der Waals surface area (Å²) in [6.07, 6.45) is 1.57. The molecule has 2 rings (SSSR count). The molecule has 1 unspecified atom stereocenters. The molecule has 1 aliphatic heterocycles. The standard InChI is InChI=1S/C18H28N4O2/c1-19-18(20-11-9-17(23)21(2)3)22-12-10-15(13-22)14-5-7-16(24-4)8-6-14/h5-8,15H,9-13H2,1-4H3,(H,19,20). The van der Waals surface area contributed by atoms with Gasteiger partial charge in [0.15, 0.2) is 5.96 Å². The van der Waals surface area contributed by atoms with Crippen molar-refractivity contribution < 1.29 is 9.53 Å². The number of rotatable bonds is 5. The highest BCUT2D eigenvalue weighted by molar-refractivity contribution is 5.81. The summed E-state index contributed by atoms with van der Waals surface area (Å²) in [4.78, 5) is 19.9. The van der Waals surface area contributed by atoms with E-state index in [0.717, 1.165) is 31.2 Å². The summed E-state index contributed by atoms with van der Waals surface area (Å²) in [5, 5.41) is 3.30. The third kappa shape index (κ3) is 4.63. The first-order chi connectivity index (χ1) is 11.5. The lowest BCUT2D eigenvalue weighted by Crippen LogP contribution is -2.41. The number of ether oxygens (including phenoxy) is 1. The minimum Gasteiger partial charge on any atom is -0.497 e. The zero-order valence-electron chi connectivity index (χ0n) is 15.1. The van der Waals surface area contributed by atoms with E-state index in [1.165, 1.54) is 5.56 Å². The van der Waals surface area contributed by atoms with Crippen LogP contribution in [-0.4, -0.2) is 69.6 Å². The second-order valence-corrected chi connectivity index (χ2v) is 6.22. The van der Waals surface area contributed by atoms with E-state index in [4.69, 9.17) is 4.74 Å². The van der Waals surface area contributed by atoms with Crippen LogP contribution in [0.5, 0.6) is 5.75 Å². The van der Waals surface area contributed by atoms with Crippen molar-refractivity contribution in [3.05, 3.63) is 29.8 Å². The predicted molar refractivity (Wildman–Crippen MR) is 96.6 cm³/mol. The number of amides is 1. The lowest BCUT2D eigenvalue weighted by atomic mass is 9.98. The minimum absolute atomic E-state index is 0.121. The van der Waals surface area contributed by atoms with Gasteiger partial charge in [0, 0.05) is 53.1 Å². The van der Waals surface area contributed by atoms with Gasteiger partial charge in [-0.1, -0.05) is 12.1 Å². The van der Waals surface area contributed by atoms with Crippen LogP contribution in [0.25, 0.3) is 0 Å². The highest BCUT2D eigenvalue weighted by Gasteiger charge is 2.26. The topological polar surface area (TPSA) is 57.2 Å². The van der Waals surface area contributed by atoms with Crippen LogP contribution in [-0.2, 0) is 4.79 Å². The Balaban J connectivity index is 1.87. The van der Waals surface area contributed by atoms with Gasteiger partial charge in [-0.15, -0.1) is 0 Å². The lowest BCUT2D eigenvalue weighted by molar-refractivity contribution is -0.128. The molecule has 1 fully saturated rings. The Hall–Kier alpha value is -2.24. The van der Waals surface area contributed by atoms with Crippen molar-refractivity contribution in [1.29, 1.82) is 0 Å². The van der Waals surface area contributed by atoms with Crippen molar-refractivity contribution in [3.8, 4) is 5.75 Å². The van der Waals surface area contributed by atoms with Gasteiger partial charge in [0.25, 0.3) is 0 Å². The second kappa shape index (κ2) is 8.57. The van der Waals surface area contributed by atoms with Crippen LogP contribution >= 0.6 is 0 Å². The summed E-state index contributed by atoms with van der Waals surface area (Å²) in [7, 11) is 7.02. The Morgan fingerprint density at radius 2 is 2.08 bits per heavy atom. The van der Waals surface area contributed by atoms with Crippen LogP contribution < -0.4 is 10.1 Å². The third-order valence-corrected chi connectivity index (χ3v) is 4.41. The molecule has 1 N–H and O–H groups in total. The molecule has 1 saturated heterocycles. The molecule has 0 aliphatic carbocycles. The average molecular weight is 332 g/mol. The first-order valence-corrected chi connectivity index (χ1v) is 8.35. The molecule has 0 bridgehead atoms. The van der Waals surface area contributed by atoms with Gasteiger partial charge >= 0.3 is 0 Å². The number of likely N-dealkylation sites (tertiary alicyclic amines) is 1. The average Bonchev–Trinajstić information content (AvgIpc) is 3.08. The van der Waals surface area contributed by atoms with Crippen LogP contribution in [0.15, 0.2) is 29.3 Å². The van der Waals surface area contributed by atoms with Crippen molar-refractivity contribution >= 4 is 11.9 Å². The van der Waals surface area contributed by atoms with Crippen LogP contribution in [0.1, 0.15) is 24.3 Å². The monoisotopic (exact) mass is 332 g/mol. The fraction of sp³-hybridized carbons (Fsp3) is 0.556. The number of benzene rings is 1. The molecule has 6 nitrogen and oxygen atoms in total. The quantitative estimate of drug-likeness (QED) is 0.656. The van der Waals surface area contributed by atoms with Crippen molar-refractivity contribution in [2.45, 2.75) is 18.8 Å². The van der Waals surface area contributed by atoms with Crippen LogP contribution in [0, 0.1) is 0 Å². The van der Waals surface area contributed by atoms with Crippen LogP contribution in [0.2, 0.25) is 0 Å². The van der Waals surface area contributed by atoms with Crippen molar-refractivity contribution in [2.75, 3.05) is 47.9 Å². The molecular weight excluding hydrogens is 304 g/mol. The maximum atomic E-state index is 11.6. The number of guanidine groups is 1. The largest absolute Gasteiger partial charge is 0.497 e. The van der Waals surface area contributed by atoms with Crippen molar-refractivity contribution in [2.24, 2.45) is 4.99 Å². The van der Waals surface area contributed by atoms with Crippen molar-refractivity contribution in [3.63, 3.8) is 0 Å². The summed E-state index contributed by atoms with van der Waals surface area (Å²) in [5.41, 5.74) is 1.33. The van der Waals surface area contributed by atoms with E-state index in [1.54, 1.807) is 33.2 Å². The van der Waals surface area contributed by atoms with Gasteiger partial charge < -0.3 is 19.9 Å². The molecule has 1 aliphatic rings. The predicted octanol–water partition coefficient (Wildman–Crippen LogP) is 1.54. The van der Waals surface area contributed by atoms with Gasteiger partial charge in [-0.25, -0.2) is 0 Å². The molecule has 24 heavy (non-hydrogen) atoms. The van der Waals surface area contributed by atoms with E-state index in [9.17, 15) is 4.79 Å².